The highest BCUT2D eigenvalue weighted by Crippen LogP contribution is 2.20. The van der Waals surface area contributed by atoms with Gasteiger partial charge in [0.15, 0.2) is 0 Å². The summed E-state index contributed by atoms with van der Waals surface area (Å²) in [4.78, 5) is 0. The smallest absolute Gasteiger partial charge is 0.0957 e. The molecule has 3 heteroatoms. The Kier molecular flexibility index (Phi) is 4.22. The molecule has 1 saturated carbocycles. The van der Waals surface area contributed by atoms with Crippen LogP contribution in [0.5, 0.6) is 0 Å². The van der Waals surface area contributed by atoms with Crippen molar-refractivity contribution in [3.8, 4) is 0 Å². The lowest BCUT2D eigenvalue weighted by Gasteiger charge is -2.23. The zero-order valence-corrected chi connectivity index (χ0v) is 8.38. The molecule has 0 aliphatic heterocycles. The predicted molar refractivity (Wildman–Crippen MR) is 53.9 cm³/mol. The summed E-state index contributed by atoms with van der Waals surface area (Å²) in [7, 11) is 0. The van der Waals surface area contributed by atoms with Crippen LogP contribution in [-0.4, -0.2) is 18.5 Å². The highest BCUT2D eigenvalue weighted by atomic mass is 16.5. The summed E-state index contributed by atoms with van der Waals surface area (Å²) >= 11 is 0. The number of ether oxygens (including phenoxy) is 1. The SMILES string of the molecule is CC(COC1CCCCC1)C(=N)N. The summed E-state index contributed by atoms with van der Waals surface area (Å²) < 4.78 is 5.69. The van der Waals surface area contributed by atoms with E-state index in [-0.39, 0.29) is 11.8 Å². The fraction of sp³-hybridized carbons (Fsp3) is 0.900. The fourth-order valence-electron chi connectivity index (χ4n) is 1.60. The monoisotopic (exact) mass is 184 g/mol. The van der Waals surface area contributed by atoms with Crippen molar-refractivity contribution in [3.05, 3.63) is 0 Å². The van der Waals surface area contributed by atoms with Crippen LogP contribution in [0.1, 0.15) is 39.0 Å². The molecule has 0 spiro atoms. The third kappa shape index (κ3) is 3.77. The first kappa shape index (κ1) is 10.5. The minimum absolute atomic E-state index is 0.0712. The van der Waals surface area contributed by atoms with E-state index in [1.165, 1.54) is 32.1 Å². The molecule has 0 aromatic carbocycles. The number of hydrogen-bond acceptors (Lipinski definition) is 2. The van der Waals surface area contributed by atoms with E-state index >= 15 is 0 Å². The van der Waals surface area contributed by atoms with Crippen LogP contribution >= 0.6 is 0 Å². The zero-order valence-electron chi connectivity index (χ0n) is 8.38. The van der Waals surface area contributed by atoms with Gasteiger partial charge in [-0.05, 0) is 12.8 Å². The van der Waals surface area contributed by atoms with E-state index in [0.29, 0.717) is 12.7 Å². The Hall–Kier alpha value is -0.570. The van der Waals surface area contributed by atoms with Crippen molar-refractivity contribution < 1.29 is 4.74 Å². The molecule has 0 saturated heterocycles. The summed E-state index contributed by atoms with van der Waals surface area (Å²) in [6, 6.07) is 0. The van der Waals surface area contributed by atoms with Gasteiger partial charge in [-0.2, -0.15) is 0 Å². The molecule has 0 amide bonds. The molecule has 1 rings (SSSR count). The maximum atomic E-state index is 7.22. The molecule has 0 heterocycles. The van der Waals surface area contributed by atoms with Gasteiger partial charge >= 0.3 is 0 Å². The van der Waals surface area contributed by atoms with E-state index in [0.717, 1.165) is 0 Å². The average Bonchev–Trinajstić information content (AvgIpc) is 2.15. The molecule has 1 aliphatic rings. The Bertz CT molecular complexity index is 164. The molecular weight excluding hydrogens is 164 g/mol. The van der Waals surface area contributed by atoms with Crippen LogP contribution in [0.2, 0.25) is 0 Å². The predicted octanol–water partition coefficient (Wildman–Crippen LogP) is 1.91. The van der Waals surface area contributed by atoms with Crippen molar-refractivity contribution in [2.24, 2.45) is 11.7 Å². The number of rotatable bonds is 4. The first-order chi connectivity index (χ1) is 6.20. The molecule has 0 aromatic rings. The molecule has 13 heavy (non-hydrogen) atoms. The van der Waals surface area contributed by atoms with Gasteiger partial charge in [-0.15, -0.1) is 0 Å². The minimum atomic E-state index is 0.0712. The summed E-state index contributed by atoms with van der Waals surface area (Å²) in [5.41, 5.74) is 5.35. The van der Waals surface area contributed by atoms with E-state index in [2.05, 4.69) is 0 Å². The number of nitrogens with one attached hydrogen (secondary N) is 1. The Labute approximate surface area is 80.2 Å². The van der Waals surface area contributed by atoms with Crippen LogP contribution in [-0.2, 0) is 4.74 Å². The van der Waals surface area contributed by atoms with E-state index in [9.17, 15) is 0 Å². The quantitative estimate of drug-likeness (QED) is 0.518. The molecule has 3 nitrogen and oxygen atoms in total. The van der Waals surface area contributed by atoms with Gasteiger partial charge in [0.05, 0.1) is 18.5 Å². The fourth-order valence-corrected chi connectivity index (χ4v) is 1.60. The Balaban J connectivity index is 2.13. The molecule has 1 aliphatic carbocycles. The lowest BCUT2D eigenvalue weighted by atomic mass is 9.98. The molecule has 1 unspecified atom stereocenters. The summed E-state index contributed by atoms with van der Waals surface area (Å²) in [5, 5.41) is 7.22. The van der Waals surface area contributed by atoms with Crippen LogP contribution in [0, 0.1) is 11.3 Å². The number of amidine groups is 1. The van der Waals surface area contributed by atoms with Crippen LogP contribution in [0.3, 0.4) is 0 Å². The first-order valence-corrected chi connectivity index (χ1v) is 5.15. The van der Waals surface area contributed by atoms with Crippen molar-refractivity contribution in [1.82, 2.24) is 0 Å². The summed E-state index contributed by atoms with van der Waals surface area (Å²) in [6.07, 6.45) is 6.73. The van der Waals surface area contributed by atoms with Crippen LogP contribution in [0.4, 0.5) is 0 Å². The topological polar surface area (TPSA) is 59.1 Å². The first-order valence-electron chi connectivity index (χ1n) is 5.15. The third-order valence-corrected chi connectivity index (χ3v) is 2.67. The summed E-state index contributed by atoms with van der Waals surface area (Å²) in [5.74, 6) is 0.303. The van der Waals surface area contributed by atoms with Gasteiger partial charge in [0.1, 0.15) is 0 Å². The highest BCUT2D eigenvalue weighted by Gasteiger charge is 2.15. The van der Waals surface area contributed by atoms with Crippen LogP contribution in [0.15, 0.2) is 0 Å². The van der Waals surface area contributed by atoms with Crippen LogP contribution < -0.4 is 5.73 Å². The van der Waals surface area contributed by atoms with E-state index in [4.69, 9.17) is 15.9 Å². The summed E-state index contributed by atoms with van der Waals surface area (Å²) in [6.45, 7) is 2.55. The second-order valence-corrected chi connectivity index (χ2v) is 3.95. The highest BCUT2D eigenvalue weighted by molar-refractivity contribution is 5.79. The second kappa shape index (κ2) is 5.22. The Morgan fingerprint density at radius 3 is 2.62 bits per heavy atom. The van der Waals surface area contributed by atoms with Gasteiger partial charge in [-0.1, -0.05) is 26.2 Å². The van der Waals surface area contributed by atoms with Gasteiger partial charge in [0, 0.05) is 5.92 Å². The van der Waals surface area contributed by atoms with Crippen LogP contribution in [0.25, 0.3) is 0 Å². The molecule has 0 bridgehead atoms. The molecule has 1 fully saturated rings. The molecule has 0 radical (unpaired) electrons. The van der Waals surface area contributed by atoms with Gasteiger partial charge in [0.25, 0.3) is 0 Å². The largest absolute Gasteiger partial charge is 0.387 e. The normalized spacial score (nSPS) is 21.3. The molecule has 3 N–H and O–H groups in total. The molecule has 1 atom stereocenters. The minimum Gasteiger partial charge on any atom is -0.387 e. The van der Waals surface area contributed by atoms with Crippen molar-refractivity contribution in [1.29, 1.82) is 5.41 Å². The van der Waals surface area contributed by atoms with Gasteiger partial charge in [-0.3, -0.25) is 5.41 Å². The van der Waals surface area contributed by atoms with Gasteiger partial charge in [-0.25, -0.2) is 0 Å². The van der Waals surface area contributed by atoms with E-state index < -0.39 is 0 Å². The number of hydrogen-bond donors (Lipinski definition) is 2. The number of nitrogens with two attached hydrogens (primary N) is 1. The third-order valence-electron chi connectivity index (χ3n) is 2.67. The van der Waals surface area contributed by atoms with Crippen molar-refractivity contribution >= 4 is 5.84 Å². The Morgan fingerprint density at radius 2 is 2.08 bits per heavy atom. The maximum absolute atomic E-state index is 7.22. The zero-order chi connectivity index (χ0) is 9.68. The average molecular weight is 184 g/mol. The van der Waals surface area contributed by atoms with Gasteiger partial charge < -0.3 is 10.5 Å². The maximum Gasteiger partial charge on any atom is 0.0957 e. The lowest BCUT2D eigenvalue weighted by Crippen LogP contribution is -2.27. The Morgan fingerprint density at radius 1 is 1.46 bits per heavy atom. The van der Waals surface area contributed by atoms with Gasteiger partial charge in [0.2, 0.25) is 0 Å². The lowest BCUT2D eigenvalue weighted by molar-refractivity contribution is 0.0202. The van der Waals surface area contributed by atoms with E-state index in [1.54, 1.807) is 0 Å². The standard InChI is InChI=1S/C10H20N2O/c1-8(10(11)12)7-13-9-5-3-2-4-6-9/h8-9H,2-7H2,1H3,(H3,11,12). The van der Waals surface area contributed by atoms with Crippen molar-refractivity contribution in [2.75, 3.05) is 6.61 Å². The molecule has 0 aromatic heterocycles. The molecule has 76 valence electrons. The van der Waals surface area contributed by atoms with E-state index in [1.807, 2.05) is 6.92 Å². The van der Waals surface area contributed by atoms with Crippen molar-refractivity contribution in [3.63, 3.8) is 0 Å². The molecular formula is C10H20N2O. The van der Waals surface area contributed by atoms with Crippen molar-refractivity contribution in [2.45, 2.75) is 45.1 Å². The second-order valence-electron chi connectivity index (χ2n) is 3.95.